The Morgan fingerprint density at radius 3 is 2.57 bits per heavy atom. The van der Waals surface area contributed by atoms with Crippen LogP contribution in [0.25, 0.3) is 21.5 Å². The van der Waals surface area contributed by atoms with Gasteiger partial charge < -0.3 is 5.32 Å². The van der Waals surface area contributed by atoms with Crippen LogP contribution in [-0.4, -0.2) is 20.7 Å². The second kappa shape index (κ2) is 7.53. The second-order valence-electron chi connectivity index (χ2n) is 6.14. The zero-order chi connectivity index (χ0) is 19.7. The van der Waals surface area contributed by atoms with E-state index in [2.05, 4.69) is 15.4 Å². The number of hydrogen-bond donors (Lipinski definition) is 1. The summed E-state index contributed by atoms with van der Waals surface area (Å²) in [5.41, 5.74) is 1.99. The van der Waals surface area contributed by atoms with Gasteiger partial charge in [-0.25, -0.2) is 9.67 Å². The molecule has 6 nitrogen and oxygen atoms in total. The van der Waals surface area contributed by atoms with E-state index >= 15 is 0 Å². The molecule has 4 aromatic rings. The fraction of sp³-hybridized carbons (Fsp3) is 0.100. The Morgan fingerprint density at radius 1 is 1.14 bits per heavy atom. The van der Waals surface area contributed by atoms with E-state index in [4.69, 9.17) is 11.6 Å². The van der Waals surface area contributed by atoms with Crippen molar-refractivity contribution in [2.75, 3.05) is 5.32 Å². The van der Waals surface area contributed by atoms with Gasteiger partial charge in [-0.2, -0.15) is 5.10 Å². The van der Waals surface area contributed by atoms with Gasteiger partial charge in [0, 0.05) is 16.3 Å². The molecule has 0 radical (unpaired) electrons. The van der Waals surface area contributed by atoms with Crippen molar-refractivity contribution in [1.29, 1.82) is 0 Å². The lowest BCUT2D eigenvalue weighted by Gasteiger charge is -2.09. The van der Waals surface area contributed by atoms with Crippen molar-refractivity contribution in [3.05, 3.63) is 75.0 Å². The first-order valence-corrected chi connectivity index (χ1v) is 9.70. The van der Waals surface area contributed by atoms with Crippen molar-refractivity contribution < 1.29 is 4.79 Å². The van der Waals surface area contributed by atoms with Gasteiger partial charge >= 0.3 is 0 Å². The number of benzene rings is 2. The first kappa shape index (κ1) is 18.3. The highest BCUT2D eigenvalue weighted by atomic mass is 35.5. The number of thiazole rings is 1. The van der Waals surface area contributed by atoms with Gasteiger partial charge in [0.15, 0.2) is 5.52 Å². The van der Waals surface area contributed by atoms with E-state index in [9.17, 15) is 9.59 Å². The van der Waals surface area contributed by atoms with Crippen LogP contribution in [0, 0.1) is 6.92 Å². The minimum absolute atomic E-state index is 0.208. The number of carbonyl (C=O) groups excluding carboxylic acids is 1. The van der Waals surface area contributed by atoms with Gasteiger partial charge in [0.05, 0.1) is 9.71 Å². The molecule has 2 aromatic heterocycles. The molecule has 140 valence electrons. The maximum absolute atomic E-state index is 12.8. The zero-order valence-corrected chi connectivity index (χ0v) is 16.4. The van der Waals surface area contributed by atoms with Crippen LogP contribution in [-0.2, 0) is 11.3 Å². The number of hydrogen-bond acceptors (Lipinski definition) is 5. The molecule has 28 heavy (non-hydrogen) atoms. The second-order valence-corrected chi connectivity index (χ2v) is 7.78. The molecular weight excluding hydrogens is 396 g/mol. The van der Waals surface area contributed by atoms with Gasteiger partial charge in [-0.1, -0.05) is 41.9 Å². The average molecular weight is 411 g/mol. The third-order valence-electron chi connectivity index (χ3n) is 4.08. The van der Waals surface area contributed by atoms with E-state index in [0.717, 1.165) is 15.3 Å². The molecule has 2 heterocycles. The highest BCUT2D eigenvalue weighted by Gasteiger charge is 2.18. The van der Waals surface area contributed by atoms with Crippen LogP contribution in [0.3, 0.4) is 0 Å². The summed E-state index contributed by atoms with van der Waals surface area (Å²) < 4.78 is 1.86. The number of aromatic nitrogens is 3. The van der Waals surface area contributed by atoms with Gasteiger partial charge in [0.2, 0.25) is 5.91 Å². The van der Waals surface area contributed by atoms with Crippen LogP contribution in [0.2, 0.25) is 5.02 Å². The third-order valence-corrected chi connectivity index (χ3v) is 5.30. The van der Waals surface area contributed by atoms with Crippen LogP contribution < -0.4 is 10.9 Å². The SMILES string of the molecule is Cc1nc2c(=O)n(CC(=O)Nc3ccccc3)nc(-c3ccc(Cl)cc3)c2s1. The predicted molar refractivity (Wildman–Crippen MR) is 112 cm³/mol. The van der Waals surface area contributed by atoms with Crippen LogP contribution in [0.15, 0.2) is 59.4 Å². The van der Waals surface area contributed by atoms with Gasteiger partial charge in [-0.15, -0.1) is 11.3 Å². The van der Waals surface area contributed by atoms with E-state index in [1.807, 2.05) is 37.3 Å². The van der Waals surface area contributed by atoms with Gasteiger partial charge in [0.1, 0.15) is 12.2 Å². The van der Waals surface area contributed by atoms with Crippen LogP contribution >= 0.6 is 22.9 Å². The van der Waals surface area contributed by atoms with Crippen molar-refractivity contribution in [2.24, 2.45) is 0 Å². The van der Waals surface area contributed by atoms with Crippen LogP contribution in [0.5, 0.6) is 0 Å². The number of amides is 1. The first-order chi connectivity index (χ1) is 13.5. The topological polar surface area (TPSA) is 76.9 Å². The summed E-state index contributed by atoms with van der Waals surface area (Å²) in [6, 6.07) is 16.2. The van der Waals surface area contributed by atoms with E-state index in [0.29, 0.717) is 26.6 Å². The lowest BCUT2D eigenvalue weighted by molar-refractivity contribution is -0.117. The Morgan fingerprint density at radius 2 is 1.86 bits per heavy atom. The number of nitrogens with one attached hydrogen (secondary N) is 1. The van der Waals surface area contributed by atoms with Crippen molar-refractivity contribution in [2.45, 2.75) is 13.5 Å². The molecule has 1 N–H and O–H groups in total. The van der Waals surface area contributed by atoms with Crippen LogP contribution in [0.1, 0.15) is 5.01 Å². The van der Waals surface area contributed by atoms with E-state index in [-0.39, 0.29) is 18.0 Å². The lowest BCUT2D eigenvalue weighted by atomic mass is 10.1. The van der Waals surface area contributed by atoms with E-state index < -0.39 is 0 Å². The normalized spacial score (nSPS) is 10.9. The Hall–Kier alpha value is -3.03. The number of fused-ring (bicyclic) bond motifs is 1. The van der Waals surface area contributed by atoms with Crippen molar-refractivity contribution in [3.63, 3.8) is 0 Å². The Bertz CT molecular complexity index is 1220. The molecule has 0 aliphatic rings. The average Bonchev–Trinajstić information content (AvgIpc) is 3.07. The summed E-state index contributed by atoms with van der Waals surface area (Å²) in [7, 11) is 0. The van der Waals surface area contributed by atoms with Crippen molar-refractivity contribution >= 4 is 44.7 Å². The first-order valence-electron chi connectivity index (χ1n) is 8.50. The number of nitrogens with zero attached hydrogens (tertiary/aromatic N) is 3. The predicted octanol–water partition coefficient (Wildman–Crippen LogP) is 4.12. The number of rotatable bonds is 4. The standard InChI is InChI=1S/C20H15ClN4O2S/c1-12-22-18-19(28-12)17(13-7-9-14(21)10-8-13)24-25(20(18)27)11-16(26)23-15-5-3-2-4-6-15/h2-10H,11H2,1H3,(H,23,26). The number of aryl methyl sites for hydroxylation is 1. The maximum atomic E-state index is 12.8. The van der Waals surface area contributed by atoms with E-state index in [1.54, 1.807) is 24.3 Å². The van der Waals surface area contributed by atoms with Crippen LogP contribution in [0.4, 0.5) is 5.69 Å². The number of para-hydroxylation sites is 1. The Labute approximate surface area is 169 Å². The minimum Gasteiger partial charge on any atom is -0.324 e. The molecular formula is C20H15ClN4O2S. The molecule has 1 amide bonds. The van der Waals surface area contributed by atoms with Crippen molar-refractivity contribution in [1.82, 2.24) is 14.8 Å². The Kier molecular flexibility index (Phi) is 4.93. The fourth-order valence-electron chi connectivity index (χ4n) is 2.83. The highest BCUT2D eigenvalue weighted by Crippen LogP contribution is 2.30. The summed E-state index contributed by atoms with van der Waals surface area (Å²) in [5.74, 6) is -0.339. The fourth-order valence-corrected chi connectivity index (χ4v) is 3.87. The number of halogens is 1. The molecule has 8 heteroatoms. The molecule has 0 bridgehead atoms. The minimum atomic E-state index is -0.389. The van der Waals surface area contributed by atoms with Gasteiger partial charge in [-0.3, -0.25) is 9.59 Å². The molecule has 0 saturated carbocycles. The maximum Gasteiger partial charge on any atom is 0.294 e. The molecule has 0 fully saturated rings. The van der Waals surface area contributed by atoms with Gasteiger partial charge in [-0.05, 0) is 31.2 Å². The number of anilines is 1. The largest absolute Gasteiger partial charge is 0.324 e. The Balaban J connectivity index is 1.76. The molecule has 0 saturated heterocycles. The highest BCUT2D eigenvalue weighted by molar-refractivity contribution is 7.19. The van der Waals surface area contributed by atoms with Gasteiger partial charge in [0.25, 0.3) is 5.56 Å². The smallest absolute Gasteiger partial charge is 0.294 e. The molecule has 0 atom stereocenters. The third kappa shape index (κ3) is 3.67. The molecule has 4 rings (SSSR count). The lowest BCUT2D eigenvalue weighted by Crippen LogP contribution is -2.30. The summed E-state index contributed by atoms with van der Waals surface area (Å²) in [4.78, 5) is 29.6. The molecule has 0 aliphatic carbocycles. The summed E-state index contributed by atoms with van der Waals surface area (Å²) in [5, 5.41) is 8.60. The molecule has 0 unspecified atom stereocenters. The summed E-state index contributed by atoms with van der Waals surface area (Å²) >= 11 is 7.39. The quantitative estimate of drug-likeness (QED) is 0.549. The van der Waals surface area contributed by atoms with E-state index in [1.165, 1.54) is 11.3 Å². The molecule has 0 aliphatic heterocycles. The van der Waals surface area contributed by atoms with Crippen molar-refractivity contribution in [3.8, 4) is 11.3 Å². The summed E-state index contributed by atoms with van der Waals surface area (Å²) in [6.45, 7) is 1.63. The number of carbonyl (C=O) groups is 1. The zero-order valence-electron chi connectivity index (χ0n) is 14.8. The summed E-state index contributed by atoms with van der Waals surface area (Å²) in [6.07, 6.45) is 0. The molecule has 2 aromatic carbocycles. The monoisotopic (exact) mass is 410 g/mol. The molecule has 0 spiro atoms.